The number of rotatable bonds is 4. The van der Waals surface area contributed by atoms with Gasteiger partial charge in [-0.15, -0.1) is 0 Å². The minimum atomic E-state index is 0.0489. The highest BCUT2D eigenvalue weighted by molar-refractivity contribution is 6.30. The first-order chi connectivity index (χ1) is 11.7. The van der Waals surface area contributed by atoms with E-state index < -0.39 is 0 Å². The van der Waals surface area contributed by atoms with E-state index >= 15 is 0 Å². The minimum absolute atomic E-state index is 0.0489. The van der Waals surface area contributed by atoms with Crippen LogP contribution in [0.2, 0.25) is 5.02 Å². The van der Waals surface area contributed by atoms with Crippen molar-refractivity contribution in [3.8, 4) is 5.75 Å². The summed E-state index contributed by atoms with van der Waals surface area (Å²) in [7, 11) is 0. The number of likely N-dealkylation sites (tertiary alicyclic amines) is 1. The maximum atomic E-state index is 12.5. The van der Waals surface area contributed by atoms with Gasteiger partial charge >= 0.3 is 0 Å². The second-order valence-corrected chi connectivity index (χ2v) is 6.62. The molecule has 3 nitrogen and oxygen atoms in total. The van der Waals surface area contributed by atoms with Gasteiger partial charge < -0.3 is 9.64 Å². The summed E-state index contributed by atoms with van der Waals surface area (Å²) < 4.78 is 5.61. The topological polar surface area (TPSA) is 29.5 Å². The number of benzene rings is 2. The lowest BCUT2D eigenvalue weighted by Gasteiger charge is -2.25. The van der Waals surface area contributed by atoms with Crippen molar-refractivity contribution < 1.29 is 9.53 Å². The van der Waals surface area contributed by atoms with Crippen LogP contribution in [0.15, 0.2) is 54.6 Å². The third-order valence-corrected chi connectivity index (χ3v) is 4.72. The summed E-state index contributed by atoms with van der Waals surface area (Å²) in [5, 5.41) is 0.659. The first kappa shape index (κ1) is 16.8. The fraction of sp³-hybridized carbons (Fsp3) is 0.350. The van der Waals surface area contributed by atoms with E-state index in [9.17, 15) is 4.79 Å². The van der Waals surface area contributed by atoms with Crippen molar-refractivity contribution in [1.82, 2.24) is 4.90 Å². The molecule has 2 aromatic rings. The summed E-state index contributed by atoms with van der Waals surface area (Å²) in [6.07, 6.45) is 3.34. The maximum absolute atomic E-state index is 12.5. The molecule has 1 aliphatic rings. The molecule has 4 heteroatoms. The lowest BCUT2D eigenvalue weighted by molar-refractivity contribution is -0.133. The van der Waals surface area contributed by atoms with Crippen molar-refractivity contribution >= 4 is 17.5 Å². The van der Waals surface area contributed by atoms with Gasteiger partial charge in [0, 0.05) is 24.0 Å². The monoisotopic (exact) mass is 343 g/mol. The Labute approximate surface area is 148 Å². The zero-order valence-corrected chi connectivity index (χ0v) is 14.4. The Morgan fingerprint density at radius 3 is 2.58 bits per heavy atom. The molecule has 3 rings (SSSR count). The molecule has 0 N–H and O–H groups in total. The maximum Gasteiger partial charge on any atom is 0.260 e. The number of hydrogen-bond donors (Lipinski definition) is 0. The van der Waals surface area contributed by atoms with Gasteiger partial charge in [-0.3, -0.25) is 4.79 Å². The lowest BCUT2D eigenvalue weighted by Crippen LogP contribution is -2.37. The van der Waals surface area contributed by atoms with Crippen LogP contribution in [-0.4, -0.2) is 30.5 Å². The first-order valence-electron chi connectivity index (χ1n) is 8.43. The Kier molecular flexibility index (Phi) is 5.76. The van der Waals surface area contributed by atoms with E-state index in [0.717, 1.165) is 32.4 Å². The van der Waals surface area contributed by atoms with Crippen LogP contribution in [0.3, 0.4) is 0 Å². The normalized spacial score (nSPS) is 18.0. The Morgan fingerprint density at radius 1 is 1.08 bits per heavy atom. The van der Waals surface area contributed by atoms with E-state index in [1.54, 1.807) is 24.3 Å². The highest BCUT2D eigenvalue weighted by Gasteiger charge is 2.23. The Bertz CT molecular complexity index is 657. The number of ether oxygens (including phenoxy) is 1. The second-order valence-electron chi connectivity index (χ2n) is 6.19. The van der Waals surface area contributed by atoms with Crippen molar-refractivity contribution in [3.63, 3.8) is 0 Å². The van der Waals surface area contributed by atoms with Crippen LogP contribution in [0.4, 0.5) is 0 Å². The quantitative estimate of drug-likeness (QED) is 0.817. The molecule has 1 amide bonds. The molecular formula is C20H22ClNO2. The minimum Gasteiger partial charge on any atom is -0.484 e. The number of nitrogens with zero attached hydrogens (tertiary/aromatic N) is 1. The zero-order chi connectivity index (χ0) is 16.8. The van der Waals surface area contributed by atoms with Gasteiger partial charge in [0.2, 0.25) is 0 Å². The van der Waals surface area contributed by atoms with Crippen molar-refractivity contribution in [2.45, 2.75) is 25.2 Å². The van der Waals surface area contributed by atoms with Crippen LogP contribution >= 0.6 is 11.6 Å². The van der Waals surface area contributed by atoms with Crippen molar-refractivity contribution in [2.24, 2.45) is 0 Å². The first-order valence-corrected chi connectivity index (χ1v) is 8.81. The van der Waals surface area contributed by atoms with Crippen molar-refractivity contribution in [1.29, 1.82) is 0 Å². The molecule has 2 aromatic carbocycles. The molecule has 126 valence electrons. The van der Waals surface area contributed by atoms with E-state index in [-0.39, 0.29) is 12.5 Å². The molecule has 1 fully saturated rings. The smallest absolute Gasteiger partial charge is 0.260 e. The van der Waals surface area contributed by atoms with E-state index in [1.807, 2.05) is 11.0 Å². The summed E-state index contributed by atoms with van der Waals surface area (Å²) in [6, 6.07) is 17.6. The van der Waals surface area contributed by atoms with Gasteiger partial charge in [-0.25, -0.2) is 0 Å². The fourth-order valence-electron chi connectivity index (χ4n) is 3.13. The highest BCUT2D eigenvalue weighted by atomic mass is 35.5. The summed E-state index contributed by atoms with van der Waals surface area (Å²) in [5.74, 6) is 1.13. The zero-order valence-electron chi connectivity index (χ0n) is 13.7. The van der Waals surface area contributed by atoms with E-state index in [2.05, 4.69) is 24.3 Å². The average molecular weight is 344 g/mol. The van der Waals surface area contributed by atoms with Crippen LogP contribution in [0.1, 0.15) is 30.7 Å². The fourth-order valence-corrected chi connectivity index (χ4v) is 3.26. The Morgan fingerprint density at radius 2 is 1.83 bits per heavy atom. The number of amides is 1. The molecule has 1 heterocycles. The number of carbonyl (C=O) groups is 1. The van der Waals surface area contributed by atoms with Crippen molar-refractivity contribution in [3.05, 3.63) is 65.2 Å². The van der Waals surface area contributed by atoms with Gasteiger partial charge in [0.1, 0.15) is 5.75 Å². The Balaban J connectivity index is 1.59. The average Bonchev–Trinajstić information content (AvgIpc) is 2.88. The lowest BCUT2D eigenvalue weighted by atomic mass is 9.94. The predicted octanol–water partition coefficient (Wildman–Crippen LogP) is 4.52. The van der Waals surface area contributed by atoms with Gasteiger partial charge in [-0.05, 0) is 42.7 Å². The van der Waals surface area contributed by atoms with Crippen LogP contribution in [0, 0.1) is 0 Å². The summed E-state index contributed by atoms with van der Waals surface area (Å²) in [4.78, 5) is 14.5. The largest absolute Gasteiger partial charge is 0.484 e. The van der Waals surface area contributed by atoms with Gasteiger partial charge in [-0.2, -0.15) is 0 Å². The van der Waals surface area contributed by atoms with Crippen LogP contribution < -0.4 is 4.74 Å². The summed E-state index contributed by atoms with van der Waals surface area (Å²) >= 11 is 5.86. The molecule has 0 aromatic heterocycles. The number of carbonyl (C=O) groups excluding carboxylic acids is 1. The van der Waals surface area contributed by atoms with Crippen LogP contribution in [0.25, 0.3) is 0 Å². The molecule has 1 aliphatic heterocycles. The highest BCUT2D eigenvalue weighted by Crippen LogP contribution is 2.26. The molecule has 1 unspecified atom stereocenters. The molecule has 1 atom stereocenters. The predicted molar refractivity (Wildman–Crippen MR) is 96.6 cm³/mol. The standard InChI is InChI=1S/C20H22ClNO2/c21-18-9-11-19(12-10-18)24-15-20(23)22-13-5-4-8-17(14-22)16-6-2-1-3-7-16/h1-3,6-7,9-12,17H,4-5,8,13-15H2. The third-order valence-electron chi connectivity index (χ3n) is 4.47. The van der Waals surface area contributed by atoms with Gasteiger partial charge in [0.15, 0.2) is 6.61 Å². The van der Waals surface area contributed by atoms with Gasteiger partial charge in [0.05, 0.1) is 0 Å². The Hall–Kier alpha value is -2.00. The molecule has 0 saturated carbocycles. The van der Waals surface area contributed by atoms with E-state index in [0.29, 0.717) is 16.7 Å². The van der Waals surface area contributed by atoms with Gasteiger partial charge in [0.25, 0.3) is 5.91 Å². The number of halogens is 1. The second kappa shape index (κ2) is 8.20. The molecule has 0 aliphatic carbocycles. The van der Waals surface area contributed by atoms with E-state index in [4.69, 9.17) is 16.3 Å². The molecular weight excluding hydrogens is 322 g/mol. The van der Waals surface area contributed by atoms with Crippen LogP contribution in [-0.2, 0) is 4.79 Å². The molecule has 0 bridgehead atoms. The van der Waals surface area contributed by atoms with E-state index in [1.165, 1.54) is 5.56 Å². The molecule has 0 spiro atoms. The van der Waals surface area contributed by atoms with Crippen LogP contribution in [0.5, 0.6) is 5.75 Å². The molecule has 24 heavy (non-hydrogen) atoms. The number of hydrogen-bond acceptors (Lipinski definition) is 2. The summed E-state index contributed by atoms with van der Waals surface area (Å²) in [6.45, 7) is 1.65. The third kappa shape index (κ3) is 4.51. The van der Waals surface area contributed by atoms with Gasteiger partial charge in [-0.1, -0.05) is 48.4 Å². The summed E-state index contributed by atoms with van der Waals surface area (Å²) in [5.41, 5.74) is 1.32. The van der Waals surface area contributed by atoms with Crippen molar-refractivity contribution in [2.75, 3.05) is 19.7 Å². The molecule has 1 saturated heterocycles. The molecule has 0 radical (unpaired) electrons. The SMILES string of the molecule is O=C(COc1ccc(Cl)cc1)N1CCCCC(c2ccccc2)C1.